The van der Waals surface area contributed by atoms with E-state index in [0.29, 0.717) is 6.04 Å². The van der Waals surface area contributed by atoms with Crippen LogP contribution < -0.4 is 5.73 Å². The van der Waals surface area contributed by atoms with E-state index in [1.165, 1.54) is 45.2 Å². The predicted octanol–water partition coefficient (Wildman–Crippen LogP) is 2.27. The fourth-order valence-corrected chi connectivity index (χ4v) is 2.50. The first-order valence-corrected chi connectivity index (χ1v) is 6.49. The van der Waals surface area contributed by atoms with E-state index >= 15 is 0 Å². The van der Waals surface area contributed by atoms with Crippen LogP contribution in [0.4, 0.5) is 0 Å². The molecule has 1 heterocycles. The molecule has 0 amide bonds. The first-order chi connectivity index (χ1) is 7.55. The minimum absolute atomic E-state index is 0.424. The van der Waals surface area contributed by atoms with Gasteiger partial charge in [-0.2, -0.15) is 5.26 Å². The van der Waals surface area contributed by atoms with Crippen LogP contribution in [-0.2, 0) is 0 Å². The Morgan fingerprint density at radius 3 is 2.25 bits per heavy atom. The maximum atomic E-state index is 8.95. The first kappa shape index (κ1) is 13.5. The van der Waals surface area contributed by atoms with Crippen molar-refractivity contribution in [2.45, 2.75) is 64.0 Å². The van der Waals surface area contributed by atoms with Gasteiger partial charge in [-0.05, 0) is 46.2 Å². The highest BCUT2D eigenvalue weighted by Crippen LogP contribution is 2.17. The van der Waals surface area contributed by atoms with Crippen molar-refractivity contribution >= 4 is 0 Å². The molecule has 2 N–H and O–H groups in total. The third kappa shape index (κ3) is 4.51. The zero-order valence-corrected chi connectivity index (χ0v) is 10.7. The van der Waals surface area contributed by atoms with Gasteiger partial charge in [0.2, 0.25) is 0 Å². The minimum atomic E-state index is -0.679. The second-order valence-electron chi connectivity index (χ2n) is 5.39. The molecule has 1 saturated heterocycles. The van der Waals surface area contributed by atoms with Gasteiger partial charge in [0.1, 0.15) is 5.54 Å². The highest BCUT2D eigenvalue weighted by Gasteiger charge is 2.24. The van der Waals surface area contributed by atoms with Crippen LogP contribution in [0.1, 0.15) is 52.4 Å². The van der Waals surface area contributed by atoms with Crippen LogP contribution in [0.25, 0.3) is 0 Å². The molecule has 0 aliphatic carbocycles. The zero-order valence-electron chi connectivity index (χ0n) is 10.7. The molecular formula is C13H25N3. The lowest BCUT2D eigenvalue weighted by atomic mass is 9.95. The molecule has 2 unspecified atom stereocenters. The smallest absolute Gasteiger partial charge is 0.102 e. The van der Waals surface area contributed by atoms with Crippen molar-refractivity contribution in [3.8, 4) is 6.07 Å². The molecule has 0 bridgehead atoms. The van der Waals surface area contributed by atoms with Crippen molar-refractivity contribution in [2.75, 3.05) is 13.1 Å². The molecule has 92 valence electrons. The van der Waals surface area contributed by atoms with E-state index in [1.54, 1.807) is 0 Å². The van der Waals surface area contributed by atoms with Gasteiger partial charge in [-0.3, -0.25) is 0 Å². The molecule has 1 aliphatic rings. The largest absolute Gasteiger partial charge is 0.314 e. The highest BCUT2D eigenvalue weighted by molar-refractivity contribution is 5.02. The Labute approximate surface area is 99.6 Å². The van der Waals surface area contributed by atoms with Gasteiger partial charge < -0.3 is 10.6 Å². The molecule has 1 aliphatic heterocycles. The lowest BCUT2D eigenvalue weighted by Crippen LogP contribution is -2.44. The van der Waals surface area contributed by atoms with Gasteiger partial charge in [0.15, 0.2) is 0 Å². The Bertz CT molecular complexity index is 234. The summed E-state index contributed by atoms with van der Waals surface area (Å²) in [5, 5.41) is 8.95. The molecule has 1 fully saturated rings. The fraction of sp³-hybridized carbons (Fsp3) is 0.923. The molecule has 0 saturated carbocycles. The summed E-state index contributed by atoms with van der Waals surface area (Å²) in [7, 11) is 0. The van der Waals surface area contributed by atoms with Crippen LogP contribution in [0.3, 0.4) is 0 Å². The number of nitrogens with two attached hydrogens (primary N) is 1. The third-order valence-corrected chi connectivity index (χ3v) is 3.49. The predicted molar refractivity (Wildman–Crippen MR) is 66.9 cm³/mol. The summed E-state index contributed by atoms with van der Waals surface area (Å²) in [6, 6.07) is 2.61. The van der Waals surface area contributed by atoms with E-state index < -0.39 is 5.54 Å². The summed E-state index contributed by atoms with van der Waals surface area (Å²) in [5.74, 6) is 0. The van der Waals surface area contributed by atoms with Crippen molar-refractivity contribution in [3.05, 3.63) is 0 Å². The second-order valence-corrected chi connectivity index (χ2v) is 5.39. The monoisotopic (exact) mass is 223 g/mol. The molecule has 0 aromatic heterocycles. The maximum absolute atomic E-state index is 8.95. The van der Waals surface area contributed by atoms with E-state index in [-0.39, 0.29) is 0 Å². The number of hydrogen-bond acceptors (Lipinski definition) is 3. The van der Waals surface area contributed by atoms with E-state index in [0.717, 1.165) is 6.42 Å². The molecule has 1 rings (SSSR count). The molecule has 3 nitrogen and oxygen atoms in total. The number of rotatable bonds is 3. The molecule has 2 atom stereocenters. The topological polar surface area (TPSA) is 53.1 Å². The second kappa shape index (κ2) is 6.22. The molecule has 0 radical (unpaired) electrons. The number of hydrogen-bond donors (Lipinski definition) is 1. The van der Waals surface area contributed by atoms with Crippen LogP contribution in [0.15, 0.2) is 0 Å². The zero-order chi connectivity index (χ0) is 12.0. The molecule has 3 heteroatoms. The number of nitriles is 1. The van der Waals surface area contributed by atoms with Crippen molar-refractivity contribution in [2.24, 2.45) is 5.73 Å². The van der Waals surface area contributed by atoms with Gasteiger partial charge in [0.05, 0.1) is 6.07 Å². The van der Waals surface area contributed by atoms with Gasteiger partial charge in [0.25, 0.3) is 0 Å². The van der Waals surface area contributed by atoms with Crippen LogP contribution >= 0.6 is 0 Å². The van der Waals surface area contributed by atoms with Gasteiger partial charge >= 0.3 is 0 Å². The van der Waals surface area contributed by atoms with Gasteiger partial charge in [0, 0.05) is 6.04 Å². The number of nitrogens with zero attached hydrogens (tertiary/aromatic N) is 2. The maximum Gasteiger partial charge on any atom is 0.102 e. The average molecular weight is 223 g/mol. The van der Waals surface area contributed by atoms with E-state index in [9.17, 15) is 0 Å². The molecule has 16 heavy (non-hydrogen) atoms. The van der Waals surface area contributed by atoms with Crippen LogP contribution in [0.5, 0.6) is 0 Å². The highest BCUT2D eigenvalue weighted by atomic mass is 15.1. The number of likely N-dealkylation sites (tertiary alicyclic amines) is 1. The van der Waals surface area contributed by atoms with Crippen LogP contribution in [0, 0.1) is 11.3 Å². The quantitative estimate of drug-likeness (QED) is 0.798. The SMILES string of the molecule is CC(CC(C)(N)C#N)N1CCCCCCC1. The minimum Gasteiger partial charge on any atom is -0.314 e. The summed E-state index contributed by atoms with van der Waals surface area (Å²) in [4.78, 5) is 2.50. The van der Waals surface area contributed by atoms with Crippen molar-refractivity contribution < 1.29 is 0 Å². The summed E-state index contributed by atoms with van der Waals surface area (Å²) in [6.45, 7) is 6.36. The van der Waals surface area contributed by atoms with E-state index in [2.05, 4.69) is 17.9 Å². The average Bonchev–Trinajstić information content (AvgIpc) is 2.16. The van der Waals surface area contributed by atoms with Gasteiger partial charge in [-0.15, -0.1) is 0 Å². The molecular weight excluding hydrogens is 198 g/mol. The summed E-state index contributed by atoms with van der Waals surface area (Å²) in [5.41, 5.74) is 5.23. The van der Waals surface area contributed by atoms with E-state index in [1.807, 2.05) is 6.92 Å². The normalized spacial score (nSPS) is 24.9. The molecule has 0 aromatic rings. The van der Waals surface area contributed by atoms with Crippen molar-refractivity contribution in [1.29, 1.82) is 5.26 Å². The Morgan fingerprint density at radius 2 is 1.75 bits per heavy atom. The van der Waals surface area contributed by atoms with Crippen LogP contribution in [0.2, 0.25) is 0 Å². The summed E-state index contributed by atoms with van der Waals surface area (Å²) < 4.78 is 0. The summed E-state index contributed by atoms with van der Waals surface area (Å²) in [6.07, 6.45) is 7.43. The summed E-state index contributed by atoms with van der Waals surface area (Å²) >= 11 is 0. The fourth-order valence-electron chi connectivity index (χ4n) is 2.50. The van der Waals surface area contributed by atoms with Gasteiger partial charge in [-0.25, -0.2) is 0 Å². The first-order valence-electron chi connectivity index (χ1n) is 6.49. The van der Waals surface area contributed by atoms with Gasteiger partial charge in [-0.1, -0.05) is 19.3 Å². The third-order valence-electron chi connectivity index (χ3n) is 3.49. The van der Waals surface area contributed by atoms with E-state index in [4.69, 9.17) is 11.0 Å². The van der Waals surface area contributed by atoms with Crippen LogP contribution in [-0.4, -0.2) is 29.6 Å². The molecule has 0 aromatic carbocycles. The Morgan fingerprint density at radius 1 is 1.25 bits per heavy atom. The lowest BCUT2D eigenvalue weighted by molar-refractivity contribution is 0.169. The lowest BCUT2D eigenvalue weighted by Gasteiger charge is -2.33. The molecule has 0 spiro atoms. The Balaban J connectivity index is 2.44. The Kier molecular flexibility index (Phi) is 5.24. The van der Waals surface area contributed by atoms with Crippen molar-refractivity contribution in [3.63, 3.8) is 0 Å². The van der Waals surface area contributed by atoms with Crippen molar-refractivity contribution in [1.82, 2.24) is 4.90 Å². The standard InChI is InChI=1S/C13H25N3/c1-12(10-13(2,15)11-14)16-8-6-4-3-5-7-9-16/h12H,3-10,15H2,1-2H3. The Hall–Kier alpha value is -0.590.